The summed E-state index contributed by atoms with van der Waals surface area (Å²) >= 11 is 0. The number of carboxylic acids is 1. The van der Waals surface area contributed by atoms with Crippen molar-refractivity contribution in [3.63, 3.8) is 0 Å². The lowest BCUT2D eigenvalue weighted by Gasteiger charge is -2.32. The fourth-order valence-electron chi connectivity index (χ4n) is 1.55. The Morgan fingerprint density at radius 3 is 1.50 bits per heavy atom. The second-order valence-electron chi connectivity index (χ2n) is 4.47. The molecule has 0 saturated heterocycles. The van der Waals surface area contributed by atoms with Gasteiger partial charge < -0.3 is 25.5 Å². The van der Waals surface area contributed by atoms with Gasteiger partial charge in [-0.25, -0.2) is 4.79 Å². The standard InChI is InChI=1S/C11H19NO8/c1-5(2)8(11(19)20)12(9(17)6(15)3-13)10(18)7(16)4-14/h5-8,13-16H,3-4H2,1-2H3,(H,19,20). The Hall–Kier alpha value is -1.55. The predicted octanol–water partition coefficient (Wildman–Crippen LogP) is -2.84. The highest BCUT2D eigenvalue weighted by Crippen LogP contribution is 2.15. The van der Waals surface area contributed by atoms with Crippen LogP contribution >= 0.6 is 0 Å². The molecule has 9 heteroatoms. The SMILES string of the molecule is CC(C)C(C(=O)O)N(C(=O)C(O)CO)C(=O)C(O)CO. The van der Waals surface area contributed by atoms with E-state index in [9.17, 15) is 24.6 Å². The molecule has 0 aliphatic heterocycles. The van der Waals surface area contributed by atoms with E-state index in [0.717, 1.165) is 0 Å². The van der Waals surface area contributed by atoms with Gasteiger partial charge in [0, 0.05) is 0 Å². The second-order valence-corrected chi connectivity index (χ2v) is 4.47. The summed E-state index contributed by atoms with van der Waals surface area (Å²) in [6.07, 6.45) is -3.99. The van der Waals surface area contributed by atoms with E-state index in [1.807, 2.05) is 0 Å². The molecule has 0 heterocycles. The summed E-state index contributed by atoms with van der Waals surface area (Å²) in [7, 11) is 0. The minimum Gasteiger partial charge on any atom is -0.480 e. The molecular weight excluding hydrogens is 274 g/mol. The van der Waals surface area contributed by atoms with Crippen LogP contribution in [0.2, 0.25) is 0 Å². The van der Waals surface area contributed by atoms with Gasteiger partial charge in [-0.2, -0.15) is 0 Å². The molecule has 2 amide bonds. The molecule has 0 spiro atoms. The molecule has 0 radical (unpaired) electrons. The number of nitrogens with zero attached hydrogens (tertiary/aromatic N) is 1. The van der Waals surface area contributed by atoms with Gasteiger partial charge in [-0.05, 0) is 5.92 Å². The Bertz CT molecular complexity index is 347. The van der Waals surface area contributed by atoms with Crippen LogP contribution in [0.3, 0.4) is 0 Å². The van der Waals surface area contributed by atoms with Gasteiger partial charge in [0.1, 0.15) is 6.04 Å². The molecule has 0 bridgehead atoms. The highest BCUT2D eigenvalue weighted by Gasteiger charge is 2.41. The molecule has 116 valence electrons. The lowest BCUT2D eigenvalue weighted by molar-refractivity contribution is -0.169. The number of hydrogen-bond donors (Lipinski definition) is 5. The Morgan fingerprint density at radius 2 is 1.30 bits per heavy atom. The molecule has 0 saturated carbocycles. The average molecular weight is 293 g/mol. The molecule has 0 aromatic heterocycles. The number of carbonyl (C=O) groups excluding carboxylic acids is 2. The summed E-state index contributed by atoms with van der Waals surface area (Å²) in [6.45, 7) is 0.816. The van der Waals surface area contributed by atoms with E-state index in [1.165, 1.54) is 13.8 Å². The summed E-state index contributed by atoms with van der Waals surface area (Å²) in [6, 6.07) is -1.64. The lowest BCUT2D eigenvalue weighted by Crippen LogP contribution is -2.58. The molecule has 0 aromatic carbocycles. The third-order valence-corrected chi connectivity index (χ3v) is 2.55. The van der Waals surface area contributed by atoms with Crippen LogP contribution in [0.25, 0.3) is 0 Å². The maximum atomic E-state index is 11.8. The van der Waals surface area contributed by atoms with Crippen LogP contribution in [0.15, 0.2) is 0 Å². The predicted molar refractivity (Wildman–Crippen MR) is 64.3 cm³/mol. The van der Waals surface area contributed by atoms with Crippen molar-refractivity contribution >= 4 is 17.8 Å². The molecule has 20 heavy (non-hydrogen) atoms. The van der Waals surface area contributed by atoms with Gasteiger partial charge in [-0.15, -0.1) is 0 Å². The number of rotatable bonds is 7. The van der Waals surface area contributed by atoms with Crippen molar-refractivity contribution in [2.24, 2.45) is 5.92 Å². The Kier molecular flexibility index (Phi) is 7.29. The number of aliphatic hydroxyl groups excluding tert-OH is 4. The van der Waals surface area contributed by atoms with Crippen molar-refractivity contribution in [2.75, 3.05) is 13.2 Å². The fraction of sp³-hybridized carbons (Fsp3) is 0.727. The van der Waals surface area contributed by atoms with Gasteiger partial charge in [-0.3, -0.25) is 14.5 Å². The van der Waals surface area contributed by atoms with E-state index in [1.54, 1.807) is 0 Å². The summed E-state index contributed by atoms with van der Waals surface area (Å²) in [5.74, 6) is -4.94. The lowest BCUT2D eigenvalue weighted by atomic mass is 10.0. The van der Waals surface area contributed by atoms with Gasteiger partial charge in [-0.1, -0.05) is 13.8 Å². The van der Waals surface area contributed by atoms with Crippen molar-refractivity contribution in [1.82, 2.24) is 4.90 Å². The van der Waals surface area contributed by atoms with Crippen LogP contribution < -0.4 is 0 Å². The highest BCUT2D eigenvalue weighted by atomic mass is 16.4. The van der Waals surface area contributed by atoms with Gasteiger partial charge in [0.15, 0.2) is 12.2 Å². The minimum absolute atomic E-state index is 0.161. The molecule has 3 atom stereocenters. The summed E-state index contributed by atoms with van der Waals surface area (Å²) in [5.41, 5.74) is 0. The number of imide groups is 1. The first-order valence-electron chi connectivity index (χ1n) is 5.86. The van der Waals surface area contributed by atoms with E-state index in [-0.39, 0.29) is 4.90 Å². The number of carbonyl (C=O) groups is 3. The summed E-state index contributed by atoms with van der Waals surface area (Å²) in [5, 5.41) is 45.1. The van der Waals surface area contributed by atoms with Crippen molar-refractivity contribution in [1.29, 1.82) is 0 Å². The van der Waals surface area contributed by atoms with Crippen molar-refractivity contribution < 1.29 is 39.9 Å². The quantitative estimate of drug-likeness (QED) is 0.336. The third-order valence-electron chi connectivity index (χ3n) is 2.55. The molecule has 0 rings (SSSR count). The fourth-order valence-corrected chi connectivity index (χ4v) is 1.55. The van der Waals surface area contributed by atoms with Crippen molar-refractivity contribution in [2.45, 2.75) is 32.1 Å². The minimum atomic E-state index is -1.99. The largest absolute Gasteiger partial charge is 0.480 e. The Morgan fingerprint density at radius 1 is 0.950 bits per heavy atom. The number of amides is 2. The monoisotopic (exact) mass is 293 g/mol. The highest BCUT2D eigenvalue weighted by molar-refractivity contribution is 6.02. The third kappa shape index (κ3) is 4.23. The molecule has 0 aromatic rings. The maximum Gasteiger partial charge on any atom is 0.327 e. The van der Waals surface area contributed by atoms with E-state index in [2.05, 4.69) is 0 Å². The first kappa shape index (κ1) is 18.4. The number of carboxylic acid groups (broad SMARTS) is 1. The van der Waals surface area contributed by atoms with Crippen LogP contribution in [-0.4, -0.2) is 79.7 Å². The van der Waals surface area contributed by atoms with E-state index < -0.39 is 55.2 Å². The topological polar surface area (TPSA) is 156 Å². The molecule has 9 nitrogen and oxygen atoms in total. The van der Waals surface area contributed by atoms with Gasteiger partial charge in [0.25, 0.3) is 11.8 Å². The maximum absolute atomic E-state index is 11.8. The Balaban J connectivity index is 5.61. The number of aliphatic hydroxyl groups is 4. The van der Waals surface area contributed by atoms with E-state index >= 15 is 0 Å². The van der Waals surface area contributed by atoms with Crippen molar-refractivity contribution in [3.05, 3.63) is 0 Å². The number of aliphatic carboxylic acids is 1. The van der Waals surface area contributed by atoms with Gasteiger partial charge >= 0.3 is 5.97 Å². The Labute approximate surface area is 115 Å². The molecule has 0 aliphatic carbocycles. The zero-order chi connectivity index (χ0) is 16.0. The van der Waals surface area contributed by atoms with Crippen molar-refractivity contribution in [3.8, 4) is 0 Å². The zero-order valence-electron chi connectivity index (χ0n) is 11.1. The smallest absolute Gasteiger partial charge is 0.327 e. The van der Waals surface area contributed by atoms with Crippen LogP contribution in [0.5, 0.6) is 0 Å². The zero-order valence-corrected chi connectivity index (χ0v) is 11.1. The molecule has 3 unspecified atom stereocenters. The second kappa shape index (κ2) is 7.90. The first-order chi connectivity index (χ1) is 9.18. The van der Waals surface area contributed by atoms with E-state index in [4.69, 9.17) is 15.3 Å². The van der Waals surface area contributed by atoms with Crippen LogP contribution in [-0.2, 0) is 14.4 Å². The summed E-state index contributed by atoms with van der Waals surface area (Å²) in [4.78, 5) is 35.0. The van der Waals surface area contributed by atoms with Gasteiger partial charge in [0.2, 0.25) is 0 Å². The van der Waals surface area contributed by atoms with Crippen LogP contribution in [0.4, 0.5) is 0 Å². The first-order valence-corrected chi connectivity index (χ1v) is 5.86. The average Bonchev–Trinajstić information content (AvgIpc) is 2.40. The van der Waals surface area contributed by atoms with Crippen LogP contribution in [0.1, 0.15) is 13.8 Å². The molecular formula is C11H19NO8. The molecule has 0 fully saturated rings. The number of hydrogen-bond acceptors (Lipinski definition) is 7. The van der Waals surface area contributed by atoms with Gasteiger partial charge in [0.05, 0.1) is 13.2 Å². The molecule has 0 aliphatic rings. The normalized spacial score (nSPS) is 15.6. The molecule has 5 N–H and O–H groups in total. The van der Waals surface area contributed by atoms with E-state index in [0.29, 0.717) is 0 Å². The summed E-state index contributed by atoms with van der Waals surface area (Å²) < 4.78 is 0. The van der Waals surface area contributed by atoms with Crippen LogP contribution in [0, 0.1) is 5.92 Å².